The van der Waals surface area contributed by atoms with Gasteiger partial charge in [-0.2, -0.15) is 0 Å². The Morgan fingerprint density at radius 1 is 0.506 bits per heavy atom. The number of hydrogen-bond acceptors (Lipinski definition) is 11. The Hall–Kier alpha value is -4.66. The van der Waals surface area contributed by atoms with Crippen molar-refractivity contribution in [3.05, 3.63) is 108 Å². The molecule has 0 radical (unpaired) electrons. The van der Waals surface area contributed by atoms with Gasteiger partial charge in [-0.1, -0.05) is 292 Å². The molecule has 3 N–H and O–H groups in total. The number of esters is 2. The number of ether oxygens (including phenoxy) is 6. The molecule has 1 heterocycles. The molecule has 1 aliphatic rings. The molecule has 13 nitrogen and oxygen atoms in total. The highest BCUT2D eigenvalue weighted by atomic mass is 16.7. The van der Waals surface area contributed by atoms with Crippen molar-refractivity contribution in [2.75, 3.05) is 13.2 Å². The van der Waals surface area contributed by atoms with E-state index in [-0.39, 0.29) is 57.6 Å². The second-order valence-electron chi connectivity index (χ2n) is 23.9. The van der Waals surface area contributed by atoms with E-state index >= 15 is 0 Å². The van der Waals surface area contributed by atoms with Crippen molar-refractivity contribution in [2.45, 2.75) is 308 Å². The lowest BCUT2D eigenvalue weighted by Gasteiger charge is -2.44. The normalized spacial score (nSPS) is 17.5. The van der Waals surface area contributed by atoms with Crippen LogP contribution in [0.25, 0.3) is 0 Å². The Balaban J connectivity index is 1.52. The fourth-order valence-electron chi connectivity index (χ4n) is 11.1. The summed E-state index contributed by atoms with van der Waals surface area (Å²) in [4.78, 5) is 55.8. The Kier molecular flexibility index (Phi) is 41.4. The third kappa shape index (κ3) is 34.5. The number of nitrogens with one attached hydrogen (secondary N) is 2. The molecular weight excluding hydrogens is 1070 g/mol. The summed E-state index contributed by atoms with van der Waals surface area (Å²) in [7, 11) is 0. The van der Waals surface area contributed by atoms with Crippen LogP contribution in [0, 0.1) is 0 Å². The van der Waals surface area contributed by atoms with Crippen LogP contribution in [0.5, 0.6) is 0 Å². The van der Waals surface area contributed by atoms with Gasteiger partial charge in [0, 0.05) is 12.8 Å². The van der Waals surface area contributed by atoms with Gasteiger partial charge in [-0.15, -0.1) is 0 Å². The largest absolute Gasteiger partial charge is 0.462 e. The van der Waals surface area contributed by atoms with Crippen molar-refractivity contribution in [1.29, 1.82) is 0 Å². The third-order valence-electron chi connectivity index (χ3n) is 16.3. The Bertz CT molecular complexity index is 2110. The van der Waals surface area contributed by atoms with Crippen LogP contribution in [0.2, 0.25) is 0 Å². The van der Waals surface area contributed by atoms with Gasteiger partial charge in [0.15, 0.2) is 12.3 Å². The van der Waals surface area contributed by atoms with Crippen LogP contribution < -0.4 is 10.6 Å². The number of hydrogen-bond donors (Lipinski definition) is 3. The van der Waals surface area contributed by atoms with E-state index in [1.54, 1.807) is 0 Å². The molecule has 1 saturated heterocycles. The molecule has 7 atom stereocenters. The molecule has 4 rings (SSSR count). The second-order valence-corrected chi connectivity index (χ2v) is 23.9. The van der Waals surface area contributed by atoms with E-state index in [1.807, 2.05) is 91.0 Å². The Labute approximate surface area is 513 Å². The van der Waals surface area contributed by atoms with Crippen LogP contribution in [0.15, 0.2) is 91.0 Å². The molecule has 0 bridgehead atoms. The van der Waals surface area contributed by atoms with E-state index in [9.17, 15) is 24.3 Å². The van der Waals surface area contributed by atoms with Gasteiger partial charge < -0.3 is 44.2 Å². The summed E-state index contributed by atoms with van der Waals surface area (Å²) < 4.78 is 38.0. The first kappa shape index (κ1) is 72.8. The second kappa shape index (κ2) is 48.4. The van der Waals surface area contributed by atoms with E-state index in [0.717, 1.165) is 80.9 Å². The van der Waals surface area contributed by atoms with Crippen molar-refractivity contribution >= 4 is 23.8 Å². The summed E-state index contributed by atoms with van der Waals surface area (Å²) in [6, 6.07) is 26.1. The van der Waals surface area contributed by atoms with Gasteiger partial charge in [0.25, 0.3) is 0 Å². The van der Waals surface area contributed by atoms with E-state index in [2.05, 4.69) is 31.4 Å². The zero-order valence-electron chi connectivity index (χ0n) is 53.0. The molecule has 3 aromatic carbocycles. The summed E-state index contributed by atoms with van der Waals surface area (Å²) in [5.74, 6) is -1.79. The zero-order chi connectivity index (χ0) is 60.6. The molecule has 0 spiro atoms. The molecule has 478 valence electrons. The summed E-state index contributed by atoms with van der Waals surface area (Å²) in [6.07, 6.45) is 31.2. The number of carbonyl (C=O) groups excluding carboxylic acids is 4. The minimum absolute atomic E-state index is 0.0138. The number of benzene rings is 3. The molecule has 85 heavy (non-hydrogen) atoms. The first-order valence-electron chi connectivity index (χ1n) is 33.9. The van der Waals surface area contributed by atoms with Gasteiger partial charge >= 0.3 is 11.9 Å². The maximum atomic E-state index is 14.5. The average Bonchev–Trinajstić information content (AvgIpc) is 3.03. The molecule has 13 heteroatoms. The minimum Gasteiger partial charge on any atom is -0.462 e. The number of aliphatic hydroxyl groups is 1. The minimum atomic E-state index is -1.41. The molecule has 2 amide bonds. The molecule has 1 fully saturated rings. The van der Waals surface area contributed by atoms with E-state index in [4.69, 9.17) is 28.4 Å². The molecule has 0 aromatic heterocycles. The topological polar surface area (TPSA) is 168 Å². The third-order valence-corrected chi connectivity index (χ3v) is 16.3. The van der Waals surface area contributed by atoms with Crippen LogP contribution in [-0.2, 0) is 67.4 Å². The average molecular weight is 1180 g/mol. The lowest BCUT2D eigenvalue weighted by Crippen LogP contribution is -2.66. The number of rotatable bonds is 52. The van der Waals surface area contributed by atoms with Gasteiger partial charge in [-0.05, 0) is 42.4 Å². The summed E-state index contributed by atoms with van der Waals surface area (Å²) in [6.45, 7) is 6.66. The maximum Gasteiger partial charge on any atom is 0.331 e. The fourth-order valence-corrected chi connectivity index (χ4v) is 11.1. The standard InChI is InChI=1S/C72H114N2O11/c1-4-7-10-13-16-19-21-24-27-30-42-51-65(75)73-63(71(79)82-56-61-48-39-34-40-49-61)57-83-72-68(69(78)70(81-55-60-46-37-33-38-47-60)64(85-72)58-80-54-59-44-35-32-36-45-59)74-66(76)53-62(50-41-29-26-23-18-15-12-9-6-3)84-67(77)52-43-31-28-25-22-20-17-14-11-8-5-2/h32-40,44-49,62-64,68-70,72,78H,4-31,41-43,50-58H2,1-3H3,(H,73,75)(H,74,76)/t62-,63+,64-,68-,69-,70-,72-/m1/s1. The SMILES string of the molecule is CCCCCCCCCCCCCC(=O)N[C@@H](CO[C@@H]1O[C@H](COCc2ccccc2)[C@@H](OCc2ccccc2)[C@H](O)[C@H]1NC(=O)C[C@@H](CCCCCCCCCCC)OC(=O)CCCCCCCCCCCCC)C(=O)OCc1ccccc1. The van der Waals surface area contributed by atoms with E-state index < -0.39 is 61.3 Å². The Morgan fingerprint density at radius 2 is 0.941 bits per heavy atom. The molecular formula is C72H114N2O11. The molecule has 0 unspecified atom stereocenters. The quantitative estimate of drug-likeness (QED) is 0.0363. The van der Waals surface area contributed by atoms with Gasteiger partial charge in [-0.25, -0.2) is 4.79 Å². The predicted molar refractivity (Wildman–Crippen MR) is 340 cm³/mol. The van der Waals surface area contributed by atoms with Crippen molar-refractivity contribution < 1.29 is 52.7 Å². The van der Waals surface area contributed by atoms with Crippen LogP contribution in [0.3, 0.4) is 0 Å². The van der Waals surface area contributed by atoms with Gasteiger partial charge in [0.2, 0.25) is 11.8 Å². The van der Waals surface area contributed by atoms with Crippen molar-refractivity contribution in [3.8, 4) is 0 Å². The highest BCUT2D eigenvalue weighted by Crippen LogP contribution is 2.28. The van der Waals surface area contributed by atoms with Gasteiger partial charge in [0.1, 0.15) is 37.1 Å². The van der Waals surface area contributed by atoms with Crippen LogP contribution >= 0.6 is 0 Å². The van der Waals surface area contributed by atoms with Crippen molar-refractivity contribution in [2.24, 2.45) is 0 Å². The molecule has 1 aliphatic heterocycles. The van der Waals surface area contributed by atoms with E-state index in [0.29, 0.717) is 12.8 Å². The number of carbonyl (C=O) groups is 4. The van der Waals surface area contributed by atoms with E-state index in [1.165, 1.54) is 128 Å². The summed E-state index contributed by atoms with van der Waals surface area (Å²) >= 11 is 0. The first-order chi connectivity index (χ1) is 41.7. The highest BCUT2D eigenvalue weighted by molar-refractivity contribution is 5.84. The lowest BCUT2D eigenvalue weighted by molar-refractivity contribution is -0.283. The summed E-state index contributed by atoms with van der Waals surface area (Å²) in [5.41, 5.74) is 2.59. The van der Waals surface area contributed by atoms with Crippen LogP contribution in [0.4, 0.5) is 0 Å². The lowest BCUT2D eigenvalue weighted by atomic mass is 9.96. The van der Waals surface area contributed by atoms with Crippen molar-refractivity contribution in [3.63, 3.8) is 0 Å². The highest BCUT2D eigenvalue weighted by Gasteiger charge is 2.48. The monoisotopic (exact) mass is 1180 g/mol. The zero-order valence-corrected chi connectivity index (χ0v) is 53.0. The molecule has 3 aromatic rings. The van der Waals surface area contributed by atoms with Gasteiger partial charge in [-0.3, -0.25) is 14.4 Å². The number of unbranched alkanes of at least 4 members (excludes halogenated alkanes) is 28. The van der Waals surface area contributed by atoms with Crippen LogP contribution in [-0.4, -0.2) is 84.9 Å². The first-order valence-corrected chi connectivity index (χ1v) is 33.9. The summed E-state index contributed by atoms with van der Waals surface area (Å²) in [5, 5.41) is 18.5. The smallest absolute Gasteiger partial charge is 0.331 e. The molecule has 0 aliphatic carbocycles. The van der Waals surface area contributed by atoms with Crippen LogP contribution in [0.1, 0.15) is 262 Å². The van der Waals surface area contributed by atoms with Crippen molar-refractivity contribution in [1.82, 2.24) is 10.6 Å². The number of amides is 2. The maximum absolute atomic E-state index is 14.5. The predicted octanol–water partition coefficient (Wildman–Crippen LogP) is 16.2. The van der Waals surface area contributed by atoms with Gasteiger partial charge in [0.05, 0.1) is 32.8 Å². The number of aliphatic hydroxyl groups excluding tert-OH is 1. The fraction of sp³-hybridized carbons (Fsp3) is 0.694. The Morgan fingerprint density at radius 3 is 1.44 bits per heavy atom. The molecule has 0 saturated carbocycles.